The Labute approximate surface area is 137 Å². The Bertz CT molecular complexity index is 822. The van der Waals surface area contributed by atoms with Gasteiger partial charge in [-0.1, -0.05) is 41.9 Å². The summed E-state index contributed by atoms with van der Waals surface area (Å²) in [5, 5.41) is 4.81. The molecule has 2 aromatic carbocycles. The summed E-state index contributed by atoms with van der Waals surface area (Å²) in [6, 6.07) is 13.9. The highest BCUT2D eigenvalue weighted by Gasteiger charge is 2.59. The van der Waals surface area contributed by atoms with Gasteiger partial charge in [0.1, 0.15) is 30.2 Å². The molecule has 0 saturated carbocycles. The molecule has 0 spiro atoms. The summed E-state index contributed by atoms with van der Waals surface area (Å²) in [5.41, 5.74) is 1.18. The molecule has 4 nitrogen and oxygen atoms in total. The number of nitrogens with zero attached hydrogens (tertiary/aromatic N) is 3. The van der Waals surface area contributed by atoms with Crippen LogP contribution >= 0.6 is 11.6 Å². The highest BCUT2D eigenvalue weighted by molar-refractivity contribution is 6.31. The predicted molar refractivity (Wildman–Crippen MR) is 83.4 cm³/mol. The molecule has 0 bridgehead atoms. The first-order valence-corrected chi connectivity index (χ1v) is 7.57. The molecule has 0 unspecified atom stereocenters. The molecule has 116 valence electrons. The van der Waals surface area contributed by atoms with Gasteiger partial charge in [0.25, 0.3) is 0 Å². The molecular weight excluding hydrogens is 329 g/mol. The van der Waals surface area contributed by atoms with Gasteiger partial charge in [0, 0.05) is 10.6 Å². The highest BCUT2D eigenvalue weighted by atomic mass is 35.5. The maximum absolute atomic E-state index is 13.3. The molecule has 3 aromatic rings. The van der Waals surface area contributed by atoms with Crippen LogP contribution in [0.25, 0.3) is 0 Å². The van der Waals surface area contributed by atoms with Crippen molar-refractivity contribution in [3.05, 3.63) is 83.2 Å². The molecule has 23 heavy (non-hydrogen) atoms. The molecule has 6 heteroatoms. The van der Waals surface area contributed by atoms with Gasteiger partial charge in [-0.3, -0.25) is 0 Å². The number of ether oxygens (including phenoxy) is 1. The van der Waals surface area contributed by atoms with Crippen LogP contribution in [-0.2, 0) is 16.9 Å². The Morgan fingerprint density at radius 1 is 1.30 bits per heavy atom. The zero-order valence-corrected chi connectivity index (χ0v) is 12.8. The number of hydrogen-bond donors (Lipinski definition) is 0. The number of hydrogen-bond acceptors (Lipinski definition) is 3. The van der Waals surface area contributed by atoms with E-state index >= 15 is 0 Å². The van der Waals surface area contributed by atoms with E-state index in [-0.39, 0.29) is 11.9 Å². The zero-order valence-electron chi connectivity index (χ0n) is 12.1. The maximum atomic E-state index is 13.3. The van der Waals surface area contributed by atoms with Crippen LogP contribution in [0.5, 0.6) is 0 Å². The second-order valence-corrected chi connectivity index (χ2v) is 5.92. The minimum absolute atomic E-state index is 0.203. The smallest absolute Gasteiger partial charge is 0.144 e. The summed E-state index contributed by atoms with van der Waals surface area (Å²) in [6.07, 6.45) is 2.91. The molecular formula is C17H13ClFN3O. The van der Waals surface area contributed by atoms with Crippen molar-refractivity contribution in [1.82, 2.24) is 14.8 Å². The third kappa shape index (κ3) is 2.52. The lowest BCUT2D eigenvalue weighted by Crippen LogP contribution is -2.19. The highest BCUT2D eigenvalue weighted by Crippen LogP contribution is 2.59. The summed E-state index contributed by atoms with van der Waals surface area (Å²) < 4.78 is 21.1. The van der Waals surface area contributed by atoms with Gasteiger partial charge in [-0.25, -0.2) is 14.1 Å². The molecule has 1 aliphatic rings. The summed E-state index contributed by atoms with van der Waals surface area (Å²) in [7, 11) is 0. The Kier molecular flexibility index (Phi) is 3.39. The Morgan fingerprint density at radius 2 is 2.09 bits per heavy atom. The van der Waals surface area contributed by atoms with E-state index in [1.807, 2.05) is 24.3 Å². The number of rotatable bonds is 4. The van der Waals surface area contributed by atoms with E-state index in [1.54, 1.807) is 23.1 Å². The van der Waals surface area contributed by atoms with Gasteiger partial charge in [0.15, 0.2) is 0 Å². The average molecular weight is 342 g/mol. The third-order valence-electron chi connectivity index (χ3n) is 4.08. The van der Waals surface area contributed by atoms with E-state index in [1.165, 1.54) is 18.5 Å². The van der Waals surface area contributed by atoms with Crippen LogP contribution in [0.1, 0.15) is 17.2 Å². The molecule has 1 aliphatic heterocycles. The first-order chi connectivity index (χ1) is 11.2. The van der Waals surface area contributed by atoms with Gasteiger partial charge in [-0.15, -0.1) is 0 Å². The molecule has 2 atom stereocenters. The lowest BCUT2D eigenvalue weighted by atomic mass is 9.98. The number of aromatic nitrogens is 3. The van der Waals surface area contributed by atoms with Crippen molar-refractivity contribution in [3.8, 4) is 0 Å². The number of halogens is 2. The van der Waals surface area contributed by atoms with Crippen LogP contribution in [0, 0.1) is 5.82 Å². The van der Waals surface area contributed by atoms with Crippen LogP contribution in [0.2, 0.25) is 5.02 Å². The lowest BCUT2D eigenvalue weighted by molar-refractivity contribution is 0.262. The Morgan fingerprint density at radius 3 is 2.78 bits per heavy atom. The molecule has 1 saturated heterocycles. The van der Waals surface area contributed by atoms with Gasteiger partial charge >= 0.3 is 0 Å². The second kappa shape index (κ2) is 5.44. The molecule has 2 heterocycles. The van der Waals surface area contributed by atoms with Crippen molar-refractivity contribution in [2.45, 2.75) is 18.2 Å². The van der Waals surface area contributed by atoms with Crippen molar-refractivity contribution in [1.29, 1.82) is 0 Å². The molecule has 1 aromatic heterocycles. The molecule has 0 amide bonds. The monoisotopic (exact) mass is 341 g/mol. The molecule has 0 aliphatic carbocycles. The largest absolute Gasteiger partial charge is 0.354 e. The minimum Gasteiger partial charge on any atom is -0.354 e. The van der Waals surface area contributed by atoms with Gasteiger partial charge in [0.2, 0.25) is 0 Å². The zero-order chi connectivity index (χ0) is 15.9. The fourth-order valence-corrected chi connectivity index (χ4v) is 3.13. The standard InChI is InChI=1S/C17H13ClFN3O/c18-15-4-2-1-3-14(15)16-17(23-16,9-22-11-20-10-21-22)12-5-7-13(19)8-6-12/h1-8,10-11,16H,9H2/t16-,17-/m1/s1/i1+2,2+2,3+2,4+2,14+2,15+2. The maximum Gasteiger partial charge on any atom is 0.144 e. The van der Waals surface area contributed by atoms with Gasteiger partial charge in [-0.2, -0.15) is 5.10 Å². The van der Waals surface area contributed by atoms with E-state index in [2.05, 4.69) is 10.1 Å². The minimum atomic E-state index is -0.619. The Balaban J connectivity index is 1.74. The number of epoxide rings is 1. The van der Waals surface area contributed by atoms with Crippen LogP contribution in [0.15, 0.2) is 61.2 Å². The van der Waals surface area contributed by atoms with Crippen molar-refractivity contribution in [2.75, 3.05) is 0 Å². The van der Waals surface area contributed by atoms with Crippen LogP contribution in [0.3, 0.4) is 0 Å². The molecule has 4 rings (SSSR count). The summed E-state index contributed by atoms with van der Waals surface area (Å²) in [4.78, 5) is 3.97. The first kappa shape index (κ1) is 14.4. The quantitative estimate of drug-likeness (QED) is 0.679. The Hall–Kier alpha value is -2.24. The predicted octanol–water partition coefficient (Wildman–Crippen LogP) is 3.74. The van der Waals surface area contributed by atoms with Crippen molar-refractivity contribution < 1.29 is 9.13 Å². The molecule has 0 radical (unpaired) electrons. The average Bonchev–Trinajstić information content (AvgIpc) is 3.02. The van der Waals surface area contributed by atoms with Crippen molar-refractivity contribution in [2.24, 2.45) is 0 Å². The normalized spacial score (nSPS) is 23.0. The van der Waals surface area contributed by atoms with Crippen LogP contribution in [-0.4, -0.2) is 14.8 Å². The van der Waals surface area contributed by atoms with Crippen molar-refractivity contribution in [3.63, 3.8) is 0 Å². The van der Waals surface area contributed by atoms with E-state index in [9.17, 15) is 4.39 Å². The fraction of sp³-hybridized carbons (Fsp3) is 0.176. The van der Waals surface area contributed by atoms with E-state index < -0.39 is 5.60 Å². The summed E-state index contributed by atoms with van der Waals surface area (Å²) in [6.45, 7) is 0.481. The second-order valence-electron chi connectivity index (χ2n) is 5.51. The van der Waals surface area contributed by atoms with E-state index in [0.717, 1.165) is 11.1 Å². The summed E-state index contributed by atoms with van der Waals surface area (Å²) >= 11 is 6.31. The van der Waals surface area contributed by atoms with Gasteiger partial charge in [-0.05, 0) is 23.8 Å². The van der Waals surface area contributed by atoms with E-state index in [0.29, 0.717) is 11.6 Å². The van der Waals surface area contributed by atoms with Crippen LogP contribution < -0.4 is 0 Å². The summed E-state index contributed by atoms with van der Waals surface area (Å²) in [5.74, 6) is -0.278. The van der Waals surface area contributed by atoms with Crippen LogP contribution in [0.4, 0.5) is 4.39 Å². The molecule has 0 N–H and O–H groups in total. The SMILES string of the molecule is Fc1ccc([C@@]2(Cn3cncn3)O[C@@H]2[14c]2[14cH][14cH][14cH][14cH][14c]2Cl)cc1. The number of benzene rings is 2. The third-order valence-corrected chi connectivity index (χ3v) is 4.42. The van der Waals surface area contributed by atoms with Gasteiger partial charge in [0.05, 0.1) is 6.54 Å². The topological polar surface area (TPSA) is 43.2 Å². The van der Waals surface area contributed by atoms with E-state index in [4.69, 9.17) is 16.3 Å². The lowest BCUT2D eigenvalue weighted by Gasteiger charge is -2.14. The van der Waals surface area contributed by atoms with Crippen molar-refractivity contribution >= 4 is 11.6 Å². The first-order valence-electron chi connectivity index (χ1n) is 7.20. The molecule has 1 fully saturated rings. The van der Waals surface area contributed by atoms with Gasteiger partial charge < -0.3 is 4.74 Å². The fourth-order valence-electron chi connectivity index (χ4n) is 2.90.